The van der Waals surface area contributed by atoms with Crippen LogP contribution in [-0.4, -0.2) is 29.5 Å². The number of aromatic nitrogens is 2. The van der Waals surface area contributed by atoms with Gasteiger partial charge in [-0.15, -0.1) is 0 Å². The largest absolute Gasteiger partial charge is 0.495 e. The molecule has 3 aromatic carbocycles. The molecule has 6 nitrogen and oxygen atoms in total. The molecule has 0 radical (unpaired) electrons. The van der Waals surface area contributed by atoms with Crippen LogP contribution in [0.4, 0.5) is 11.6 Å². The predicted octanol–water partition coefficient (Wildman–Crippen LogP) is 4.87. The van der Waals surface area contributed by atoms with E-state index in [2.05, 4.69) is 20.6 Å². The van der Waals surface area contributed by atoms with E-state index in [1.54, 1.807) is 7.11 Å². The molecule has 154 valence electrons. The lowest BCUT2D eigenvalue weighted by molar-refractivity contribution is -0.114. The van der Waals surface area contributed by atoms with Crippen LogP contribution in [0.1, 0.15) is 0 Å². The van der Waals surface area contributed by atoms with Crippen LogP contribution in [0.3, 0.4) is 0 Å². The zero-order chi connectivity index (χ0) is 21.5. The zero-order valence-electron chi connectivity index (χ0n) is 17.1. The second-order valence-corrected chi connectivity index (χ2v) is 6.80. The van der Waals surface area contributed by atoms with Crippen LogP contribution < -0.4 is 15.4 Å². The number of nitrogens with zero attached hydrogens (tertiary/aromatic N) is 2. The van der Waals surface area contributed by atoms with Gasteiger partial charge in [-0.25, -0.2) is 9.97 Å². The quantitative estimate of drug-likeness (QED) is 0.455. The van der Waals surface area contributed by atoms with Gasteiger partial charge >= 0.3 is 0 Å². The molecule has 0 bridgehead atoms. The first-order chi connectivity index (χ1) is 15.2. The number of rotatable bonds is 7. The maximum atomic E-state index is 12.6. The van der Waals surface area contributed by atoms with Gasteiger partial charge in [0.1, 0.15) is 5.75 Å². The first-order valence-electron chi connectivity index (χ1n) is 9.89. The van der Waals surface area contributed by atoms with Gasteiger partial charge in [0.15, 0.2) is 0 Å². The Hall–Kier alpha value is -4.19. The number of nitrogens with one attached hydrogen (secondary N) is 2. The Kier molecular flexibility index (Phi) is 6.18. The number of amides is 1. The first-order valence-corrected chi connectivity index (χ1v) is 9.89. The molecule has 0 saturated heterocycles. The highest BCUT2D eigenvalue weighted by atomic mass is 16.5. The highest BCUT2D eigenvalue weighted by Gasteiger charge is 2.12. The van der Waals surface area contributed by atoms with Crippen molar-refractivity contribution in [3.8, 4) is 28.3 Å². The molecule has 1 heterocycles. The SMILES string of the molecule is COc1ccccc1NCC(=O)Nc1nc(-c2ccccc2)cc(-c2ccccc2)n1. The average molecular weight is 410 g/mol. The lowest BCUT2D eigenvalue weighted by Crippen LogP contribution is -2.23. The van der Waals surface area contributed by atoms with Gasteiger partial charge in [-0.05, 0) is 18.2 Å². The highest BCUT2D eigenvalue weighted by Crippen LogP contribution is 2.25. The summed E-state index contributed by atoms with van der Waals surface area (Å²) < 4.78 is 5.31. The van der Waals surface area contributed by atoms with Crippen LogP contribution in [-0.2, 0) is 4.79 Å². The van der Waals surface area contributed by atoms with E-state index in [-0.39, 0.29) is 18.4 Å². The highest BCUT2D eigenvalue weighted by molar-refractivity contribution is 5.93. The van der Waals surface area contributed by atoms with Crippen molar-refractivity contribution in [2.75, 3.05) is 24.3 Å². The fraction of sp³-hybridized carbons (Fsp3) is 0.0800. The van der Waals surface area contributed by atoms with Crippen LogP contribution >= 0.6 is 0 Å². The third kappa shape index (κ3) is 5.05. The molecule has 0 unspecified atom stereocenters. The molecule has 6 heteroatoms. The number of para-hydroxylation sites is 2. The van der Waals surface area contributed by atoms with Gasteiger partial charge in [-0.3, -0.25) is 10.1 Å². The molecule has 0 aliphatic heterocycles. The molecule has 0 aliphatic carbocycles. The number of hydrogen-bond acceptors (Lipinski definition) is 5. The van der Waals surface area contributed by atoms with Crippen LogP contribution in [0.15, 0.2) is 91.0 Å². The molecule has 4 aromatic rings. The second kappa shape index (κ2) is 9.54. The van der Waals surface area contributed by atoms with Crippen LogP contribution in [0.5, 0.6) is 5.75 Å². The minimum absolute atomic E-state index is 0.0555. The Morgan fingerprint density at radius 1 is 0.806 bits per heavy atom. The maximum absolute atomic E-state index is 12.6. The number of ether oxygens (including phenoxy) is 1. The maximum Gasteiger partial charge on any atom is 0.246 e. The third-order valence-corrected chi connectivity index (χ3v) is 4.66. The number of carbonyl (C=O) groups excluding carboxylic acids is 1. The fourth-order valence-electron chi connectivity index (χ4n) is 3.15. The molecule has 2 N–H and O–H groups in total. The summed E-state index contributed by atoms with van der Waals surface area (Å²) in [5.41, 5.74) is 4.11. The lowest BCUT2D eigenvalue weighted by atomic mass is 10.1. The van der Waals surface area contributed by atoms with E-state index in [0.29, 0.717) is 5.75 Å². The van der Waals surface area contributed by atoms with E-state index in [1.807, 2.05) is 91.0 Å². The second-order valence-electron chi connectivity index (χ2n) is 6.80. The number of methoxy groups -OCH3 is 1. The molecule has 1 amide bonds. The van der Waals surface area contributed by atoms with Crippen LogP contribution in [0.25, 0.3) is 22.5 Å². The van der Waals surface area contributed by atoms with Crippen molar-refractivity contribution >= 4 is 17.5 Å². The van der Waals surface area contributed by atoms with Crippen LogP contribution in [0, 0.1) is 0 Å². The smallest absolute Gasteiger partial charge is 0.246 e. The molecule has 1 aromatic heterocycles. The molecular weight excluding hydrogens is 388 g/mol. The summed E-state index contributed by atoms with van der Waals surface area (Å²) in [7, 11) is 1.59. The number of hydrogen-bond donors (Lipinski definition) is 2. The van der Waals surface area contributed by atoms with Crippen molar-refractivity contribution < 1.29 is 9.53 Å². The first kappa shape index (κ1) is 20.1. The Morgan fingerprint density at radius 3 is 1.94 bits per heavy atom. The monoisotopic (exact) mass is 410 g/mol. The molecule has 0 atom stereocenters. The van der Waals surface area contributed by atoms with Crippen molar-refractivity contribution in [2.45, 2.75) is 0 Å². The third-order valence-electron chi connectivity index (χ3n) is 4.66. The summed E-state index contributed by atoms with van der Waals surface area (Å²) in [6, 6.07) is 29.0. The topological polar surface area (TPSA) is 76.1 Å². The van der Waals surface area contributed by atoms with Crippen molar-refractivity contribution in [1.82, 2.24) is 9.97 Å². The lowest BCUT2D eigenvalue weighted by Gasteiger charge is -2.12. The Labute approximate surface area is 181 Å². The van der Waals surface area contributed by atoms with Crippen molar-refractivity contribution in [3.63, 3.8) is 0 Å². The number of anilines is 2. The van der Waals surface area contributed by atoms with Crippen molar-refractivity contribution in [1.29, 1.82) is 0 Å². The normalized spacial score (nSPS) is 10.4. The number of benzene rings is 3. The molecule has 4 rings (SSSR count). The van der Waals surface area contributed by atoms with E-state index >= 15 is 0 Å². The van der Waals surface area contributed by atoms with E-state index < -0.39 is 0 Å². The molecule has 0 aliphatic rings. The van der Waals surface area contributed by atoms with Gasteiger partial charge in [0.2, 0.25) is 11.9 Å². The minimum atomic E-state index is -0.255. The van der Waals surface area contributed by atoms with E-state index in [9.17, 15) is 4.79 Å². The van der Waals surface area contributed by atoms with Crippen LogP contribution in [0.2, 0.25) is 0 Å². The van der Waals surface area contributed by atoms with Gasteiger partial charge < -0.3 is 10.1 Å². The zero-order valence-corrected chi connectivity index (χ0v) is 17.1. The summed E-state index contributed by atoms with van der Waals surface area (Å²) in [5.74, 6) is 0.672. The summed E-state index contributed by atoms with van der Waals surface area (Å²) in [6.45, 7) is 0.0555. The summed E-state index contributed by atoms with van der Waals surface area (Å²) in [6.07, 6.45) is 0. The molecule has 0 saturated carbocycles. The predicted molar refractivity (Wildman–Crippen MR) is 123 cm³/mol. The van der Waals surface area contributed by atoms with Gasteiger partial charge in [-0.1, -0.05) is 72.8 Å². The van der Waals surface area contributed by atoms with Gasteiger partial charge in [0, 0.05) is 11.1 Å². The van der Waals surface area contributed by atoms with Gasteiger partial charge in [-0.2, -0.15) is 0 Å². The van der Waals surface area contributed by atoms with E-state index in [4.69, 9.17) is 4.74 Å². The van der Waals surface area contributed by atoms with E-state index in [0.717, 1.165) is 28.2 Å². The van der Waals surface area contributed by atoms with Crippen molar-refractivity contribution in [2.24, 2.45) is 0 Å². The summed E-state index contributed by atoms with van der Waals surface area (Å²) in [5, 5.41) is 5.89. The number of carbonyl (C=O) groups is 1. The molecule has 0 spiro atoms. The standard InChI is InChI=1S/C25H22N4O2/c1-31-23-15-9-8-14-20(23)26-17-24(30)29-25-27-21(18-10-4-2-5-11-18)16-22(28-25)19-12-6-3-7-13-19/h2-16,26H,17H2,1H3,(H,27,28,29,30). The summed E-state index contributed by atoms with van der Waals surface area (Å²) in [4.78, 5) is 21.7. The van der Waals surface area contributed by atoms with Gasteiger partial charge in [0.05, 0.1) is 30.7 Å². The molecule has 0 fully saturated rings. The Morgan fingerprint density at radius 2 is 1.35 bits per heavy atom. The molecule has 31 heavy (non-hydrogen) atoms. The minimum Gasteiger partial charge on any atom is -0.495 e. The summed E-state index contributed by atoms with van der Waals surface area (Å²) >= 11 is 0. The average Bonchev–Trinajstić information content (AvgIpc) is 2.84. The Balaban J connectivity index is 1.57. The molecular formula is C25H22N4O2. The van der Waals surface area contributed by atoms with Gasteiger partial charge in [0.25, 0.3) is 0 Å². The Bertz CT molecular complexity index is 1110. The fourth-order valence-corrected chi connectivity index (χ4v) is 3.15. The van der Waals surface area contributed by atoms with Crippen molar-refractivity contribution in [3.05, 3.63) is 91.0 Å². The van der Waals surface area contributed by atoms with E-state index in [1.165, 1.54) is 0 Å².